The molecular formula is C19H36O8S. The van der Waals surface area contributed by atoms with E-state index in [1.54, 1.807) is 0 Å². The molecule has 2 bridgehead atoms. The summed E-state index contributed by atoms with van der Waals surface area (Å²) in [5.74, 6) is -0.403. The lowest BCUT2D eigenvalue weighted by atomic mass is 9.78. The monoisotopic (exact) mass is 424 g/mol. The Morgan fingerprint density at radius 2 is 1.86 bits per heavy atom. The molecule has 3 aliphatic heterocycles. The van der Waals surface area contributed by atoms with Crippen LogP contribution in [0, 0.1) is 11.8 Å². The van der Waals surface area contributed by atoms with Crippen molar-refractivity contribution < 1.29 is 37.4 Å². The molecule has 0 aliphatic carbocycles. The average Bonchev–Trinajstić information content (AvgIpc) is 2.60. The smallest absolute Gasteiger partial charge is 0.264 e. The molecule has 8 nitrogen and oxygen atoms in total. The Kier molecular flexibility index (Phi) is 8.69. The maximum atomic E-state index is 10.8. The predicted molar refractivity (Wildman–Crippen MR) is 103 cm³/mol. The second kappa shape index (κ2) is 10.1. The first-order valence-electron chi connectivity index (χ1n) is 10.2. The molecule has 3 saturated heterocycles. The summed E-state index contributed by atoms with van der Waals surface area (Å²) < 4.78 is 48.0. The van der Waals surface area contributed by atoms with Gasteiger partial charge in [0.25, 0.3) is 10.1 Å². The number of unbranched alkanes of at least 4 members (excludes halogenated alkanes) is 1. The van der Waals surface area contributed by atoms with Crippen molar-refractivity contribution >= 4 is 10.1 Å². The van der Waals surface area contributed by atoms with Gasteiger partial charge < -0.3 is 24.4 Å². The molecule has 3 heterocycles. The van der Waals surface area contributed by atoms with Gasteiger partial charge >= 0.3 is 0 Å². The normalized spacial score (nSPS) is 36.8. The van der Waals surface area contributed by atoms with Crippen LogP contribution in [0.25, 0.3) is 0 Å². The van der Waals surface area contributed by atoms with Crippen LogP contribution in [0.4, 0.5) is 0 Å². The van der Waals surface area contributed by atoms with E-state index in [4.69, 9.17) is 18.8 Å². The summed E-state index contributed by atoms with van der Waals surface area (Å²) >= 11 is 0. The van der Waals surface area contributed by atoms with Crippen LogP contribution < -0.4 is 0 Å². The Hall–Kier alpha value is -0.290. The van der Waals surface area contributed by atoms with Crippen molar-refractivity contribution in [3.8, 4) is 0 Å². The van der Waals surface area contributed by atoms with Gasteiger partial charge in [0, 0.05) is 12.5 Å². The van der Waals surface area contributed by atoms with E-state index >= 15 is 0 Å². The fourth-order valence-electron chi connectivity index (χ4n) is 4.17. The molecule has 0 aromatic heterocycles. The minimum Gasteiger partial charge on any atom is -0.390 e. The molecule has 3 rings (SSSR count). The van der Waals surface area contributed by atoms with E-state index < -0.39 is 40.3 Å². The van der Waals surface area contributed by atoms with Gasteiger partial charge in [0.15, 0.2) is 6.29 Å². The molecule has 3 N–H and O–H groups in total. The van der Waals surface area contributed by atoms with E-state index in [9.17, 15) is 18.6 Å². The predicted octanol–water partition coefficient (Wildman–Crippen LogP) is 1.74. The quantitative estimate of drug-likeness (QED) is 0.417. The zero-order valence-corrected chi connectivity index (χ0v) is 17.9. The van der Waals surface area contributed by atoms with Crippen molar-refractivity contribution in [2.75, 3.05) is 19.0 Å². The summed E-state index contributed by atoms with van der Waals surface area (Å²) in [5, 5.41) is 21.3. The van der Waals surface area contributed by atoms with Crippen LogP contribution in [0.5, 0.6) is 0 Å². The zero-order chi connectivity index (χ0) is 20.9. The van der Waals surface area contributed by atoms with E-state index in [1.807, 2.05) is 13.8 Å². The molecule has 6 unspecified atom stereocenters. The van der Waals surface area contributed by atoms with Gasteiger partial charge in [0.2, 0.25) is 0 Å². The Morgan fingerprint density at radius 1 is 1.14 bits per heavy atom. The second-order valence-electron chi connectivity index (χ2n) is 8.77. The lowest BCUT2D eigenvalue weighted by molar-refractivity contribution is -0.320. The summed E-state index contributed by atoms with van der Waals surface area (Å²) in [4.78, 5) is 0. The maximum Gasteiger partial charge on any atom is 0.264 e. The van der Waals surface area contributed by atoms with Crippen molar-refractivity contribution in [2.45, 2.75) is 89.5 Å². The van der Waals surface area contributed by atoms with Crippen LogP contribution >= 0.6 is 0 Å². The third-order valence-corrected chi connectivity index (χ3v) is 6.57. The van der Waals surface area contributed by atoms with Gasteiger partial charge in [-0.15, -0.1) is 0 Å². The van der Waals surface area contributed by atoms with Gasteiger partial charge in [-0.05, 0) is 39.0 Å². The molecule has 0 saturated carbocycles. The summed E-state index contributed by atoms with van der Waals surface area (Å²) in [6, 6.07) is 0. The Bertz CT molecular complexity index is 578. The van der Waals surface area contributed by atoms with E-state index in [0.717, 1.165) is 25.7 Å². The molecule has 0 radical (unpaired) electrons. The van der Waals surface area contributed by atoms with Crippen LogP contribution in [0.3, 0.4) is 0 Å². The highest BCUT2D eigenvalue weighted by molar-refractivity contribution is 7.85. The Labute approximate surface area is 168 Å². The lowest BCUT2D eigenvalue weighted by Crippen LogP contribution is -2.59. The van der Waals surface area contributed by atoms with Crippen LogP contribution in [-0.2, 0) is 24.3 Å². The molecule has 3 fully saturated rings. The van der Waals surface area contributed by atoms with Gasteiger partial charge in [-0.3, -0.25) is 4.55 Å². The SMILES string of the molecule is CC1CCCCC(C)(C)OC2OC(COCCCCS(=O)(=O)O)C1C(O)C2O. The van der Waals surface area contributed by atoms with E-state index in [0.29, 0.717) is 19.4 Å². The standard InChI is InChI=1S/C19H36O8S/c1-13-8-4-5-9-19(2,3)27-18-17(21)16(20)15(13)14(26-18)12-25-10-6-7-11-28(22,23)24/h13-18,20-21H,4-12H2,1-3H3,(H,22,23,24). The first-order chi connectivity index (χ1) is 13.0. The number of ether oxygens (including phenoxy) is 3. The summed E-state index contributed by atoms with van der Waals surface area (Å²) in [7, 11) is -3.95. The third-order valence-electron chi connectivity index (χ3n) is 5.76. The molecule has 6 atom stereocenters. The number of rotatable bonds is 7. The zero-order valence-electron chi connectivity index (χ0n) is 17.1. The highest BCUT2D eigenvalue weighted by atomic mass is 32.2. The largest absolute Gasteiger partial charge is 0.390 e. The van der Waals surface area contributed by atoms with Crippen molar-refractivity contribution in [1.29, 1.82) is 0 Å². The number of hydrogen-bond acceptors (Lipinski definition) is 7. The molecule has 28 heavy (non-hydrogen) atoms. The van der Waals surface area contributed by atoms with Crippen LogP contribution in [0.2, 0.25) is 0 Å². The second-order valence-corrected chi connectivity index (χ2v) is 10.3. The van der Waals surface area contributed by atoms with Gasteiger partial charge in [0.1, 0.15) is 6.10 Å². The van der Waals surface area contributed by atoms with Crippen LogP contribution in [-0.4, -0.2) is 72.4 Å². The third kappa shape index (κ3) is 7.19. The first kappa shape index (κ1) is 24.0. The molecule has 0 aromatic carbocycles. The summed E-state index contributed by atoms with van der Waals surface area (Å²) in [6.45, 7) is 6.54. The highest BCUT2D eigenvalue weighted by Gasteiger charge is 2.48. The van der Waals surface area contributed by atoms with Crippen LogP contribution in [0.15, 0.2) is 0 Å². The maximum absolute atomic E-state index is 10.8. The number of hydrogen-bond donors (Lipinski definition) is 3. The van der Waals surface area contributed by atoms with Crippen molar-refractivity contribution in [2.24, 2.45) is 11.8 Å². The molecule has 9 heteroatoms. The van der Waals surface area contributed by atoms with Crippen molar-refractivity contribution in [3.05, 3.63) is 0 Å². The van der Waals surface area contributed by atoms with Crippen LogP contribution in [0.1, 0.15) is 59.3 Å². The van der Waals surface area contributed by atoms with E-state index in [2.05, 4.69) is 6.92 Å². The number of aliphatic hydroxyl groups is 2. The first-order valence-corrected chi connectivity index (χ1v) is 11.8. The van der Waals surface area contributed by atoms with Gasteiger partial charge in [-0.1, -0.05) is 26.2 Å². The van der Waals surface area contributed by atoms with Crippen molar-refractivity contribution in [1.82, 2.24) is 0 Å². The molecule has 166 valence electrons. The Morgan fingerprint density at radius 3 is 2.54 bits per heavy atom. The van der Waals surface area contributed by atoms with Gasteiger partial charge in [0.05, 0.1) is 30.2 Å². The molecule has 0 amide bonds. The van der Waals surface area contributed by atoms with Gasteiger partial charge in [-0.2, -0.15) is 8.42 Å². The minimum atomic E-state index is -3.95. The van der Waals surface area contributed by atoms with Gasteiger partial charge in [-0.25, -0.2) is 0 Å². The minimum absolute atomic E-state index is 0.153. The molecule has 3 aliphatic rings. The highest BCUT2D eigenvalue weighted by Crippen LogP contribution is 2.38. The fraction of sp³-hybridized carbons (Fsp3) is 1.00. The summed E-state index contributed by atoms with van der Waals surface area (Å²) in [6.07, 6.45) is 1.18. The topological polar surface area (TPSA) is 123 Å². The Balaban J connectivity index is 1.99. The number of aliphatic hydroxyl groups excluding tert-OH is 2. The van der Waals surface area contributed by atoms with E-state index in [1.165, 1.54) is 0 Å². The molecule has 0 aromatic rings. The summed E-state index contributed by atoms with van der Waals surface area (Å²) in [5.41, 5.74) is -0.465. The molecule has 0 spiro atoms. The lowest BCUT2D eigenvalue weighted by Gasteiger charge is -2.46. The van der Waals surface area contributed by atoms with E-state index in [-0.39, 0.29) is 24.2 Å². The number of fused-ring (bicyclic) bond motifs is 8. The fourth-order valence-corrected chi connectivity index (χ4v) is 4.74. The average molecular weight is 425 g/mol. The van der Waals surface area contributed by atoms with Crippen molar-refractivity contribution in [3.63, 3.8) is 0 Å². The molecular weight excluding hydrogens is 388 g/mol.